The van der Waals surface area contributed by atoms with Crippen LogP contribution in [0.5, 0.6) is 0 Å². The van der Waals surface area contributed by atoms with E-state index in [4.69, 9.17) is 4.42 Å². The highest BCUT2D eigenvalue weighted by atomic mass is 16.3. The molecular formula is C60H40N2O. The minimum atomic E-state index is 0.886. The lowest BCUT2D eigenvalue weighted by Gasteiger charge is -2.28. The summed E-state index contributed by atoms with van der Waals surface area (Å²) in [4.78, 5) is 4.76. The highest BCUT2D eigenvalue weighted by Gasteiger charge is 2.27. The van der Waals surface area contributed by atoms with Crippen molar-refractivity contribution in [2.45, 2.75) is 0 Å². The number of rotatable bonds is 7. The number of benzene rings is 10. The molecule has 11 aromatic rings. The van der Waals surface area contributed by atoms with E-state index in [1.165, 1.54) is 44.5 Å². The fourth-order valence-corrected chi connectivity index (χ4v) is 9.35. The number of anilines is 6. The van der Waals surface area contributed by atoms with Crippen molar-refractivity contribution < 1.29 is 4.42 Å². The van der Waals surface area contributed by atoms with Crippen molar-refractivity contribution in [2.75, 3.05) is 9.80 Å². The zero-order valence-electron chi connectivity index (χ0n) is 34.4. The summed E-state index contributed by atoms with van der Waals surface area (Å²) < 4.78 is 6.27. The van der Waals surface area contributed by atoms with Crippen LogP contribution in [0, 0.1) is 0 Å². The third kappa shape index (κ3) is 6.46. The Balaban J connectivity index is 0.956. The Kier molecular flexibility index (Phi) is 8.83. The summed E-state index contributed by atoms with van der Waals surface area (Å²) in [6.07, 6.45) is 0. The largest absolute Gasteiger partial charge is 0.456 e. The maximum Gasteiger partial charge on any atom is 0.135 e. The molecule has 0 amide bonds. The van der Waals surface area contributed by atoms with Crippen LogP contribution in [0.2, 0.25) is 0 Å². The molecule has 2 heterocycles. The average Bonchev–Trinajstić information content (AvgIpc) is 3.68. The minimum Gasteiger partial charge on any atom is -0.456 e. The molecule has 3 heteroatoms. The van der Waals surface area contributed by atoms with E-state index in [1.807, 2.05) is 12.1 Å². The van der Waals surface area contributed by atoms with Gasteiger partial charge in [-0.2, -0.15) is 0 Å². The van der Waals surface area contributed by atoms with Gasteiger partial charge >= 0.3 is 0 Å². The normalized spacial score (nSPS) is 11.8. The summed E-state index contributed by atoms with van der Waals surface area (Å²) in [5.41, 5.74) is 20.3. The molecule has 3 nitrogen and oxygen atoms in total. The van der Waals surface area contributed by atoms with Gasteiger partial charge < -0.3 is 14.2 Å². The SMILES string of the molecule is c1ccc(-c2ccc(N(c3ccc(-c4ccccc4)cc3)c3ccc(-c4ccc5c(c4)-c4ccccc4-c4ccccc4N5c4ccc5oc6ccccc6c5c4)cc3)cc2)cc1. The van der Waals surface area contributed by atoms with Crippen LogP contribution < -0.4 is 9.80 Å². The molecule has 1 aliphatic rings. The first-order valence-corrected chi connectivity index (χ1v) is 21.5. The topological polar surface area (TPSA) is 19.6 Å². The van der Waals surface area contributed by atoms with Crippen molar-refractivity contribution in [3.05, 3.63) is 243 Å². The van der Waals surface area contributed by atoms with Gasteiger partial charge in [-0.05, 0) is 123 Å². The molecule has 0 fully saturated rings. The molecule has 1 aromatic heterocycles. The molecular weight excluding hydrogens is 765 g/mol. The van der Waals surface area contributed by atoms with Gasteiger partial charge in [0.2, 0.25) is 0 Å². The Bertz CT molecular complexity index is 3340. The molecule has 0 N–H and O–H groups in total. The fraction of sp³-hybridized carbons (Fsp3) is 0. The second-order valence-electron chi connectivity index (χ2n) is 16.1. The van der Waals surface area contributed by atoms with Crippen LogP contribution in [0.3, 0.4) is 0 Å². The Hall–Kier alpha value is -8.40. The zero-order valence-corrected chi connectivity index (χ0v) is 34.4. The van der Waals surface area contributed by atoms with Crippen LogP contribution in [0.1, 0.15) is 0 Å². The average molecular weight is 805 g/mol. The quantitative estimate of drug-likeness (QED) is 0.160. The number of nitrogens with zero attached hydrogens (tertiary/aromatic N) is 2. The number of fused-ring (bicyclic) bond motifs is 8. The smallest absolute Gasteiger partial charge is 0.135 e. The molecule has 12 rings (SSSR count). The van der Waals surface area contributed by atoms with Crippen LogP contribution >= 0.6 is 0 Å². The monoisotopic (exact) mass is 804 g/mol. The van der Waals surface area contributed by atoms with Gasteiger partial charge in [0.1, 0.15) is 11.2 Å². The fourth-order valence-electron chi connectivity index (χ4n) is 9.35. The Morgan fingerprint density at radius 2 is 0.730 bits per heavy atom. The zero-order chi connectivity index (χ0) is 41.7. The molecule has 0 saturated heterocycles. The van der Waals surface area contributed by atoms with E-state index in [0.717, 1.165) is 67.2 Å². The van der Waals surface area contributed by atoms with E-state index in [-0.39, 0.29) is 0 Å². The molecule has 0 atom stereocenters. The first-order chi connectivity index (χ1) is 31.2. The van der Waals surface area contributed by atoms with Gasteiger partial charge in [0, 0.05) is 44.6 Å². The summed E-state index contributed by atoms with van der Waals surface area (Å²) in [5, 5.41) is 2.22. The standard InChI is InChI=1S/C60H40N2O/c1-3-13-41(14-4-1)43-23-30-47(31-24-43)61(48-32-25-44(26-33-48)42-15-5-2-6-16-42)49-34-27-45(28-35-49)46-29-37-58-55(39-46)52-18-8-7-17-51(52)53-19-9-11-21-57(53)62(58)50-36-38-60-56(40-50)54-20-10-12-22-59(54)63-60/h1-40H. The van der Waals surface area contributed by atoms with Crippen molar-refractivity contribution in [3.63, 3.8) is 0 Å². The van der Waals surface area contributed by atoms with Crippen LogP contribution in [-0.2, 0) is 0 Å². The third-order valence-corrected chi connectivity index (χ3v) is 12.4. The van der Waals surface area contributed by atoms with Crippen LogP contribution in [0.4, 0.5) is 34.1 Å². The number of furan rings is 1. The molecule has 0 radical (unpaired) electrons. The van der Waals surface area contributed by atoms with Gasteiger partial charge in [-0.15, -0.1) is 0 Å². The van der Waals surface area contributed by atoms with Crippen molar-refractivity contribution in [1.29, 1.82) is 0 Å². The molecule has 10 aromatic carbocycles. The maximum atomic E-state index is 6.27. The van der Waals surface area contributed by atoms with Gasteiger partial charge in [-0.3, -0.25) is 0 Å². The van der Waals surface area contributed by atoms with E-state index < -0.39 is 0 Å². The van der Waals surface area contributed by atoms with E-state index in [0.29, 0.717) is 0 Å². The molecule has 0 saturated carbocycles. The van der Waals surface area contributed by atoms with Gasteiger partial charge in [0.15, 0.2) is 0 Å². The van der Waals surface area contributed by atoms with Gasteiger partial charge in [0.25, 0.3) is 0 Å². The van der Waals surface area contributed by atoms with Crippen LogP contribution in [0.15, 0.2) is 247 Å². The maximum absolute atomic E-state index is 6.27. The van der Waals surface area contributed by atoms with E-state index in [2.05, 4.69) is 240 Å². The summed E-state index contributed by atoms with van der Waals surface area (Å²) in [5.74, 6) is 0. The lowest BCUT2D eigenvalue weighted by Crippen LogP contribution is -2.11. The van der Waals surface area contributed by atoms with Crippen LogP contribution in [-0.4, -0.2) is 0 Å². The number of para-hydroxylation sites is 2. The first kappa shape index (κ1) is 36.5. The van der Waals surface area contributed by atoms with Crippen molar-refractivity contribution in [3.8, 4) is 55.6 Å². The second-order valence-corrected chi connectivity index (χ2v) is 16.1. The first-order valence-electron chi connectivity index (χ1n) is 21.5. The Labute approximate surface area is 367 Å². The lowest BCUT2D eigenvalue weighted by molar-refractivity contribution is 0.669. The summed E-state index contributed by atoms with van der Waals surface area (Å²) in [7, 11) is 0. The van der Waals surface area contributed by atoms with Crippen molar-refractivity contribution in [2.24, 2.45) is 0 Å². The van der Waals surface area contributed by atoms with Crippen LogP contribution in [0.25, 0.3) is 77.6 Å². The molecule has 1 aliphatic heterocycles. The van der Waals surface area contributed by atoms with E-state index >= 15 is 0 Å². The predicted octanol–water partition coefficient (Wildman–Crippen LogP) is 17.2. The van der Waals surface area contributed by atoms with E-state index in [9.17, 15) is 0 Å². The van der Waals surface area contributed by atoms with Gasteiger partial charge in [-0.25, -0.2) is 0 Å². The summed E-state index contributed by atoms with van der Waals surface area (Å²) in [6, 6.07) is 87.3. The highest BCUT2D eigenvalue weighted by molar-refractivity contribution is 6.08. The van der Waals surface area contributed by atoms with Gasteiger partial charge in [-0.1, -0.05) is 164 Å². The molecule has 0 bridgehead atoms. The third-order valence-electron chi connectivity index (χ3n) is 12.4. The molecule has 63 heavy (non-hydrogen) atoms. The predicted molar refractivity (Wildman–Crippen MR) is 264 cm³/mol. The second kappa shape index (κ2) is 15.3. The van der Waals surface area contributed by atoms with Gasteiger partial charge in [0.05, 0.1) is 11.4 Å². The molecule has 296 valence electrons. The van der Waals surface area contributed by atoms with E-state index in [1.54, 1.807) is 0 Å². The number of hydrogen-bond donors (Lipinski definition) is 0. The highest BCUT2D eigenvalue weighted by Crippen LogP contribution is 2.52. The minimum absolute atomic E-state index is 0.886. The Morgan fingerprint density at radius 1 is 0.286 bits per heavy atom. The molecule has 0 unspecified atom stereocenters. The molecule has 0 spiro atoms. The number of hydrogen-bond acceptors (Lipinski definition) is 3. The Morgan fingerprint density at radius 3 is 1.35 bits per heavy atom. The van der Waals surface area contributed by atoms with Crippen molar-refractivity contribution in [1.82, 2.24) is 0 Å². The summed E-state index contributed by atoms with van der Waals surface area (Å²) >= 11 is 0. The molecule has 0 aliphatic carbocycles. The van der Waals surface area contributed by atoms with Crippen molar-refractivity contribution >= 4 is 56.1 Å². The summed E-state index contributed by atoms with van der Waals surface area (Å²) in [6.45, 7) is 0. The lowest BCUT2D eigenvalue weighted by atomic mass is 9.92.